The van der Waals surface area contributed by atoms with E-state index in [2.05, 4.69) is 4.72 Å². The third-order valence-electron chi connectivity index (χ3n) is 5.21. The molecule has 3 aromatic rings. The van der Waals surface area contributed by atoms with E-state index < -0.39 is 21.6 Å². The average Bonchev–Trinajstić information content (AvgIpc) is 2.88. The summed E-state index contributed by atoms with van der Waals surface area (Å²) < 4.78 is 68.5. The molecule has 0 aliphatic carbocycles. The molecule has 0 aliphatic heterocycles. The fraction of sp³-hybridized carbons (Fsp3) is 0.200. The monoisotopic (exact) mass is 519 g/mol. The third kappa shape index (κ3) is 5.41. The Hall–Kier alpha value is -4.12. The van der Waals surface area contributed by atoms with Crippen molar-refractivity contribution in [2.75, 3.05) is 40.3 Å². The molecule has 0 heterocycles. The maximum Gasteiger partial charge on any atom is 0.262 e. The Morgan fingerprint density at radius 2 is 1.36 bits per heavy atom. The average molecular weight is 520 g/mol. The molecule has 0 saturated heterocycles. The number of phenols is 1. The first kappa shape index (κ1) is 26.5. The standard InChI is InChI=1S/C25H26FNO8S/c1-31-19-11-9-17(14-18(19)26)36(29,30)27-23-16(8-10-20(32-2)24(23)28)7-6-15-12-21(33-3)25(35-5)22(13-15)34-4/h6-14,27-28H,1-5H3/b7-6-. The maximum atomic E-state index is 14.2. The van der Waals surface area contributed by atoms with Crippen LogP contribution in [0.1, 0.15) is 11.1 Å². The van der Waals surface area contributed by atoms with E-state index >= 15 is 0 Å². The summed E-state index contributed by atoms with van der Waals surface area (Å²) in [7, 11) is 2.77. The van der Waals surface area contributed by atoms with Crippen LogP contribution < -0.4 is 28.4 Å². The lowest BCUT2D eigenvalue weighted by Crippen LogP contribution is -2.14. The molecule has 0 atom stereocenters. The summed E-state index contributed by atoms with van der Waals surface area (Å²) in [6.45, 7) is 0. The van der Waals surface area contributed by atoms with Crippen molar-refractivity contribution in [3.63, 3.8) is 0 Å². The summed E-state index contributed by atoms with van der Waals surface area (Å²) in [6.07, 6.45) is 3.24. The van der Waals surface area contributed by atoms with Gasteiger partial charge in [0.2, 0.25) is 5.75 Å². The number of aromatic hydroxyl groups is 1. The Kier molecular flexibility index (Phi) is 8.15. The van der Waals surface area contributed by atoms with E-state index in [4.69, 9.17) is 23.7 Å². The van der Waals surface area contributed by atoms with E-state index in [1.165, 1.54) is 53.7 Å². The number of methoxy groups -OCH3 is 5. The number of nitrogens with one attached hydrogen (secondary N) is 1. The number of hydrogen-bond acceptors (Lipinski definition) is 8. The number of anilines is 1. The predicted molar refractivity (Wildman–Crippen MR) is 133 cm³/mol. The molecule has 0 bridgehead atoms. The Labute approximate surface area is 208 Å². The van der Waals surface area contributed by atoms with Crippen molar-refractivity contribution >= 4 is 27.9 Å². The van der Waals surface area contributed by atoms with E-state index in [1.54, 1.807) is 30.4 Å². The number of sulfonamides is 1. The van der Waals surface area contributed by atoms with E-state index in [0.29, 0.717) is 28.4 Å². The highest BCUT2D eigenvalue weighted by Gasteiger charge is 2.22. The van der Waals surface area contributed by atoms with Crippen LogP contribution in [0, 0.1) is 5.82 Å². The van der Waals surface area contributed by atoms with Crippen molar-refractivity contribution in [3.8, 4) is 34.5 Å². The van der Waals surface area contributed by atoms with E-state index in [-0.39, 0.29) is 22.1 Å². The van der Waals surface area contributed by atoms with E-state index in [0.717, 1.165) is 6.07 Å². The highest BCUT2D eigenvalue weighted by atomic mass is 32.2. The van der Waals surface area contributed by atoms with Crippen LogP contribution in [0.3, 0.4) is 0 Å². The third-order valence-corrected chi connectivity index (χ3v) is 6.55. The van der Waals surface area contributed by atoms with Crippen molar-refractivity contribution in [2.45, 2.75) is 4.90 Å². The molecule has 0 aromatic heterocycles. The van der Waals surface area contributed by atoms with Gasteiger partial charge in [0.05, 0.1) is 40.4 Å². The summed E-state index contributed by atoms with van der Waals surface area (Å²) >= 11 is 0. The number of benzene rings is 3. The van der Waals surface area contributed by atoms with Crippen LogP contribution >= 0.6 is 0 Å². The van der Waals surface area contributed by atoms with Crippen LogP contribution in [0.4, 0.5) is 10.1 Å². The van der Waals surface area contributed by atoms with Gasteiger partial charge in [0.1, 0.15) is 5.69 Å². The lowest BCUT2D eigenvalue weighted by molar-refractivity contribution is 0.324. The van der Waals surface area contributed by atoms with E-state index in [9.17, 15) is 17.9 Å². The van der Waals surface area contributed by atoms with Gasteiger partial charge in [0, 0.05) is 5.56 Å². The van der Waals surface area contributed by atoms with Gasteiger partial charge < -0.3 is 28.8 Å². The highest BCUT2D eigenvalue weighted by Crippen LogP contribution is 2.41. The molecule has 0 amide bonds. The summed E-state index contributed by atoms with van der Waals surface area (Å²) in [5, 5.41) is 10.7. The zero-order valence-electron chi connectivity index (χ0n) is 20.3. The van der Waals surface area contributed by atoms with Gasteiger partial charge in [-0.25, -0.2) is 12.8 Å². The molecule has 192 valence electrons. The van der Waals surface area contributed by atoms with Gasteiger partial charge in [-0.1, -0.05) is 12.2 Å². The summed E-state index contributed by atoms with van der Waals surface area (Å²) in [5.74, 6) is -0.0851. The SMILES string of the molecule is COc1ccc(S(=O)(=O)Nc2c(/C=C\c3cc(OC)c(OC)c(OC)c3)ccc(OC)c2O)cc1F. The van der Waals surface area contributed by atoms with E-state index in [1.807, 2.05) is 0 Å². The van der Waals surface area contributed by atoms with Crippen LogP contribution in [0.15, 0.2) is 47.4 Å². The van der Waals surface area contributed by atoms with Crippen LogP contribution in [0.25, 0.3) is 12.2 Å². The number of ether oxygens (including phenoxy) is 5. The second-order valence-corrected chi connectivity index (χ2v) is 8.96. The number of hydrogen-bond donors (Lipinski definition) is 2. The molecular formula is C25H26FNO8S. The molecule has 0 spiro atoms. The molecule has 36 heavy (non-hydrogen) atoms. The lowest BCUT2D eigenvalue weighted by Gasteiger charge is -2.15. The van der Waals surface area contributed by atoms with Crippen LogP contribution in [0.2, 0.25) is 0 Å². The molecule has 3 rings (SSSR count). The van der Waals surface area contributed by atoms with Gasteiger partial charge in [-0.3, -0.25) is 4.72 Å². The lowest BCUT2D eigenvalue weighted by atomic mass is 10.1. The van der Waals surface area contributed by atoms with Crippen molar-refractivity contribution in [2.24, 2.45) is 0 Å². The fourth-order valence-corrected chi connectivity index (χ4v) is 4.50. The summed E-state index contributed by atoms with van der Waals surface area (Å²) in [5.41, 5.74) is 0.791. The van der Waals surface area contributed by atoms with Crippen molar-refractivity contribution in [3.05, 3.63) is 59.4 Å². The second kappa shape index (κ2) is 11.1. The predicted octanol–water partition coefficient (Wildman–Crippen LogP) is 4.55. The molecule has 0 radical (unpaired) electrons. The summed E-state index contributed by atoms with van der Waals surface area (Å²) in [4.78, 5) is -0.359. The fourth-order valence-electron chi connectivity index (χ4n) is 3.39. The quantitative estimate of drug-likeness (QED) is 0.297. The van der Waals surface area contributed by atoms with Gasteiger partial charge in [0.25, 0.3) is 10.0 Å². The highest BCUT2D eigenvalue weighted by molar-refractivity contribution is 7.92. The number of rotatable bonds is 10. The van der Waals surface area contributed by atoms with Gasteiger partial charge in [0.15, 0.2) is 34.6 Å². The van der Waals surface area contributed by atoms with Crippen molar-refractivity contribution in [1.29, 1.82) is 0 Å². The first-order valence-electron chi connectivity index (χ1n) is 10.4. The second-order valence-electron chi connectivity index (χ2n) is 7.27. The van der Waals surface area contributed by atoms with Crippen LogP contribution in [0.5, 0.6) is 34.5 Å². The Bertz CT molecular complexity index is 1360. The zero-order chi connectivity index (χ0) is 26.5. The molecular weight excluding hydrogens is 493 g/mol. The minimum atomic E-state index is -4.30. The number of halogens is 1. The van der Waals surface area contributed by atoms with Gasteiger partial charge >= 0.3 is 0 Å². The minimum Gasteiger partial charge on any atom is -0.503 e. The molecule has 3 aromatic carbocycles. The molecule has 11 heteroatoms. The Morgan fingerprint density at radius 1 is 0.778 bits per heavy atom. The zero-order valence-corrected chi connectivity index (χ0v) is 21.1. The van der Waals surface area contributed by atoms with Gasteiger partial charge in [-0.05, 0) is 48.0 Å². The molecule has 0 saturated carbocycles. The van der Waals surface area contributed by atoms with Crippen LogP contribution in [-0.2, 0) is 10.0 Å². The molecule has 2 N–H and O–H groups in total. The first-order valence-corrected chi connectivity index (χ1v) is 11.9. The molecule has 0 unspecified atom stereocenters. The van der Waals surface area contributed by atoms with Crippen molar-refractivity contribution < 1.29 is 41.6 Å². The Balaban J connectivity index is 2.06. The topological polar surface area (TPSA) is 113 Å². The minimum absolute atomic E-state index is 0.0403. The van der Waals surface area contributed by atoms with Gasteiger partial charge in [-0.2, -0.15) is 0 Å². The largest absolute Gasteiger partial charge is 0.503 e. The smallest absolute Gasteiger partial charge is 0.262 e. The summed E-state index contributed by atoms with van der Waals surface area (Å²) in [6, 6.07) is 9.64. The molecule has 9 nitrogen and oxygen atoms in total. The van der Waals surface area contributed by atoms with Gasteiger partial charge in [-0.15, -0.1) is 0 Å². The number of phenolic OH excluding ortho intramolecular Hbond substituents is 1. The maximum absolute atomic E-state index is 14.2. The normalized spacial score (nSPS) is 11.3. The molecule has 0 aliphatic rings. The first-order chi connectivity index (χ1) is 17.2. The molecule has 0 fully saturated rings. The Morgan fingerprint density at radius 3 is 1.89 bits per heavy atom. The van der Waals surface area contributed by atoms with Crippen LogP contribution in [-0.4, -0.2) is 49.1 Å². The van der Waals surface area contributed by atoms with Crippen molar-refractivity contribution in [1.82, 2.24) is 0 Å².